The van der Waals surface area contributed by atoms with Crippen LogP contribution in [0.2, 0.25) is 0 Å². The van der Waals surface area contributed by atoms with Gasteiger partial charge in [0.05, 0.1) is 11.9 Å². The quantitative estimate of drug-likeness (QED) is 0.512. The Morgan fingerprint density at radius 1 is 1.08 bits per heavy atom. The summed E-state index contributed by atoms with van der Waals surface area (Å²) in [5.41, 5.74) is 2.55. The van der Waals surface area contributed by atoms with Crippen LogP contribution in [-0.4, -0.2) is 9.55 Å². The van der Waals surface area contributed by atoms with E-state index in [2.05, 4.69) is 42.5 Å². The molecule has 0 bridgehead atoms. The van der Waals surface area contributed by atoms with Crippen LogP contribution >= 0.6 is 11.3 Å². The van der Waals surface area contributed by atoms with Gasteiger partial charge in [0.25, 0.3) is 5.56 Å². The largest absolute Gasteiger partial charge is 0.292 e. The van der Waals surface area contributed by atoms with Crippen molar-refractivity contribution < 1.29 is 0 Å². The monoisotopic (exact) mass is 360 g/mol. The summed E-state index contributed by atoms with van der Waals surface area (Å²) in [6, 6.07) is 14.6. The van der Waals surface area contributed by atoms with Crippen molar-refractivity contribution in [3.8, 4) is 0 Å². The molecule has 0 atom stereocenters. The van der Waals surface area contributed by atoms with Crippen LogP contribution in [-0.2, 0) is 19.4 Å². The lowest BCUT2D eigenvalue weighted by atomic mass is 9.97. The number of thiophene rings is 1. The van der Waals surface area contributed by atoms with Crippen molar-refractivity contribution in [1.29, 1.82) is 0 Å². The van der Waals surface area contributed by atoms with E-state index >= 15 is 0 Å². The Hall–Kier alpha value is -2.46. The number of nitrogens with zero attached hydrogens (tertiary/aromatic N) is 2. The molecule has 4 aromatic rings. The summed E-state index contributed by atoms with van der Waals surface area (Å²) in [5.74, 6) is 0.800. The minimum absolute atomic E-state index is 0.125. The highest BCUT2D eigenvalue weighted by molar-refractivity contribution is 7.18. The summed E-state index contributed by atoms with van der Waals surface area (Å²) in [5, 5.41) is 3.28. The van der Waals surface area contributed by atoms with Gasteiger partial charge in [-0.2, -0.15) is 0 Å². The molecule has 2 heterocycles. The minimum atomic E-state index is 0.125. The van der Waals surface area contributed by atoms with Gasteiger partial charge in [0.2, 0.25) is 0 Å². The zero-order valence-corrected chi connectivity index (χ0v) is 15.6. The van der Waals surface area contributed by atoms with Gasteiger partial charge >= 0.3 is 0 Å². The van der Waals surface area contributed by atoms with Gasteiger partial charge in [0.15, 0.2) is 0 Å². The van der Waals surface area contributed by atoms with Crippen LogP contribution in [0.15, 0.2) is 47.3 Å². The zero-order valence-electron chi connectivity index (χ0n) is 14.8. The molecule has 0 spiro atoms. The van der Waals surface area contributed by atoms with Crippen LogP contribution < -0.4 is 5.56 Å². The van der Waals surface area contributed by atoms with E-state index < -0.39 is 0 Å². The highest BCUT2D eigenvalue weighted by Crippen LogP contribution is 2.33. The van der Waals surface area contributed by atoms with Crippen molar-refractivity contribution in [1.82, 2.24) is 9.55 Å². The van der Waals surface area contributed by atoms with E-state index in [0.29, 0.717) is 6.54 Å². The molecule has 4 heteroatoms. The molecular weight excluding hydrogens is 340 g/mol. The second-order valence-electron chi connectivity index (χ2n) is 7.08. The molecule has 1 aliphatic rings. The minimum Gasteiger partial charge on any atom is -0.292 e. The van der Waals surface area contributed by atoms with Gasteiger partial charge in [-0.1, -0.05) is 42.5 Å². The third kappa shape index (κ3) is 2.40. The van der Waals surface area contributed by atoms with Gasteiger partial charge in [-0.05, 0) is 54.5 Å². The molecule has 0 radical (unpaired) electrons. The summed E-state index contributed by atoms with van der Waals surface area (Å²) in [7, 11) is 0. The number of hydrogen-bond donors (Lipinski definition) is 0. The van der Waals surface area contributed by atoms with Crippen molar-refractivity contribution in [2.24, 2.45) is 0 Å². The van der Waals surface area contributed by atoms with Crippen LogP contribution in [0.1, 0.15) is 34.7 Å². The smallest absolute Gasteiger partial charge is 0.262 e. The molecule has 0 saturated carbocycles. The molecule has 26 heavy (non-hydrogen) atoms. The summed E-state index contributed by atoms with van der Waals surface area (Å²) < 4.78 is 1.85. The van der Waals surface area contributed by atoms with Crippen LogP contribution in [0.5, 0.6) is 0 Å². The van der Waals surface area contributed by atoms with Crippen molar-refractivity contribution in [3.63, 3.8) is 0 Å². The molecule has 5 rings (SSSR count). The van der Waals surface area contributed by atoms with Gasteiger partial charge in [0, 0.05) is 4.88 Å². The van der Waals surface area contributed by atoms with Crippen molar-refractivity contribution in [2.75, 3.05) is 0 Å². The van der Waals surface area contributed by atoms with Crippen LogP contribution in [0.3, 0.4) is 0 Å². The highest BCUT2D eigenvalue weighted by atomic mass is 32.1. The van der Waals surface area contributed by atoms with Crippen LogP contribution in [0.4, 0.5) is 0 Å². The molecule has 0 saturated heterocycles. The van der Waals surface area contributed by atoms with E-state index in [1.54, 1.807) is 11.3 Å². The summed E-state index contributed by atoms with van der Waals surface area (Å²) >= 11 is 1.72. The number of hydrogen-bond acceptors (Lipinski definition) is 3. The number of benzene rings is 2. The molecule has 1 aliphatic carbocycles. The first-order chi connectivity index (χ1) is 12.7. The first-order valence-electron chi connectivity index (χ1n) is 9.21. The van der Waals surface area contributed by atoms with Gasteiger partial charge < -0.3 is 0 Å². The molecule has 130 valence electrons. The van der Waals surface area contributed by atoms with Gasteiger partial charge in [0.1, 0.15) is 10.7 Å². The lowest BCUT2D eigenvalue weighted by molar-refractivity contribution is 0.694. The third-order valence-electron chi connectivity index (χ3n) is 5.47. The topological polar surface area (TPSA) is 34.9 Å². The number of aromatic nitrogens is 2. The molecule has 0 fully saturated rings. The molecule has 0 amide bonds. The number of rotatable bonds is 2. The van der Waals surface area contributed by atoms with Gasteiger partial charge in [-0.3, -0.25) is 9.36 Å². The van der Waals surface area contributed by atoms with Crippen molar-refractivity contribution >= 4 is 32.3 Å². The van der Waals surface area contributed by atoms with Gasteiger partial charge in [-0.25, -0.2) is 4.98 Å². The van der Waals surface area contributed by atoms with Gasteiger partial charge in [-0.15, -0.1) is 11.3 Å². The Labute approximate surface area is 155 Å². The van der Waals surface area contributed by atoms with E-state index in [-0.39, 0.29) is 5.56 Å². The maximum Gasteiger partial charge on any atom is 0.262 e. The Morgan fingerprint density at radius 3 is 2.81 bits per heavy atom. The first kappa shape index (κ1) is 15.8. The lowest BCUT2D eigenvalue weighted by Crippen LogP contribution is -2.25. The lowest BCUT2D eigenvalue weighted by Gasteiger charge is -2.13. The Morgan fingerprint density at radius 2 is 1.88 bits per heavy atom. The molecule has 0 aliphatic heterocycles. The fraction of sp³-hybridized carbons (Fsp3) is 0.273. The predicted molar refractivity (Wildman–Crippen MR) is 108 cm³/mol. The molecule has 0 unspecified atom stereocenters. The zero-order chi connectivity index (χ0) is 17.7. The molecular formula is C22H20N2OS. The molecule has 2 aromatic carbocycles. The van der Waals surface area contributed by atoms with Crippen LogP contribution in [0.25, 0.3) is 21.0 Å². The number of aryl methyl sites for hydroxylation is 3. The fourth-order valence-corrected chi connectivity index (χ4v) is 5.42. The van der Waals surface area contributed by atoms with Crippen molar-refractivity contribution in [2.45, 2.75) is 39.2 Å². The molecule has 2 aromatic heterocycles. The van der Waals surface area contributed by atoms with E-state index in [1.165, 1.54) is 39.6 Å². The van der Waals surface area contributed by atoms with Crippen LogP contribution in [0, 0.1) is 6.92 Å². The normalized spacial score (nSPS) is 14.0. The number of fused-ring (bicyclic) bond motifs is 4. The molecule has 0 N–H and O–H groups in total. The Bertz CT molecular complexity index is 1200. The maximum atomic E-state index is 13.4. The maximum absolute atomic E-state index is 13.4. The summed E-state index contributed by atoms with van der Waals surface area (Å²) in [6.45, 7) is 2.52. The van der Waals surface area contributed by atoms with E-state index in [9.17, 15) is 4.79 Å². The third-order valence-corrected chi connectivity index (χ3v) is 6.66. The SMILES string of the molecule is Cc1nc2sc3c(c2c(=O)n1Cc1cccc2ccccc12)CCCC3. The first-order valence-corrected chi connectivity index (χ1v) is 10.0. The fourth-order valence-electron chi connectivity index (χ4n) is 4.13. The summed E-state index contributed by atoms with van der Waals surface area (Å²) in [4.78, 5) is 20.4. The second kappa shape index (κ2) is 6.06. The Kier molecular flexibility index (Phi) is 3.68. The standard InChI is InChI=1S/C22H20N2OS/c1-14-23-21-20(18-11-4-5-12-19(18)26-21)22(25)24(14)13-16-9-6-8-15-7-2-3-10-17(15)16/h2-3,6-10H,4-5,11-13H2,1H3. The van der Waals surface area contributed by atoms with Crippen molar-refractivity contribution in [3.05, 3.63) is 74.6 Å². The second-order valence-corrected chi connectivity index (χ2v) is 8.16. The Balaban J connectivity index is 1.70. The predicted octanol–water partition coefficient (Wildman–Crippen LogP) is 4.85. The van der Waals surface area contributed by atoms with E-state index in [0.717, 1.165) is 28.9 Å². The average molecular weight is 360 g/mol. The molecule has 3 nitrogen and oxygen atoms in total. The van der Waals surface area contributed by atoms with E-state index in [1.807, 2.05) is 11.5 Å². The van der Waals surface area contributed by atoms with E-state index in [4.69, 9.17) is 4.98 Å². The highest BCUT2D eigenvalue weighted by Gasteiger charge is 2.21. The average Bonchev–Trinajstić information content (AvgIpc) is 3.03. The summed E-state index contributed by atoms with van der Waals surface area (Å²) in [6.07, 6.45) is 4.51.